The lowest BCUT2D eigenvalue weighted by Crippen LogP contribution is -2.42. The van der Waals surface area contributed by atoms with Crippen LogP contribution in [0.25, 0.3) is 0 Å². The van der Waals surface area contributed by atoms with Crippen LogP contribution in [0.2, 0.25) is 0 Å². The summed E-state index contributed by atoms with van der Waals surface area (Å²) in [5.41, 5.74) is 3.18. The van der Waals surface area contributed by atoms with E-state index in [9.17, 15) is 4.79 Å². The highest BCUT2D eigenvalue weighted by molar-refractivity contribution is 5.81. The Hall–Kier alpha value is -1.35. The maximum atomic E-state index is 12.3. The third-order valence-electron chi connectivity index (χ3n) is 6.60. The quantitative estimate of drug-likeness (QED) is 0.866. The number of carbonyl (C=O) groups is 1. The predicted molar refractivity (Wildman–Crippen MR) is 104 cm³/mol. The van der Waals surface area contributed by atoms with Gasteiger partial charge in [0.25, 0.3) is 0 Å². The van der Waals surface area contributed by atoms with E-state index in [4.69, 9.17) is 0 Å². The number of hydrogen-bond acceptors (Lipinski definition) is 2. The lowest BCUT2D eigenvalue weighted by Gasteiger charge is -2.40. The van der Waals surface area contributed by atoms with Gasteiger partial charge in [-0.2, -0.15) is 0 Å². The summed E-state index contributed by atoms with van der Waals surface area (Å²) in [6, 6.07) is 9.10. The summed E-state index contributed by atoms with van der Waals surface area (Å²) in [5.74, 6) is 1.36. The summed E-state index contributed by atoms with van der Waals surface area (Å²) in [7, 11) is 0. The van der Waals surface area contributed by atoms with Crippen molar-refractivity contribution in [3.05, 3.63) is 35.4 Å². The molecule has 0 unspecified atom stereocenters. The number of nitrogens with one attached hydrogen (secondary N) is 1. The van der Waals surface area contributed by atoms with E-state index in [1.165, 1.54) is 50.0 Å². The normalized spacial score (nSPS) is 25.3. The van der Waals surface area contributed by atoms with Gasteiger partial charge < -0.3 is 10.2 Å². The molecule has 0 bridgehead atoms. The maximum Gasteiger partial charge on any atom is 0.223 e. The van der Waals surface area contributed by atoms with Gasteiger partial charge in [-0.05, 0) is 75.2 Å². The molecule has 3 aliphatic rings. The number of carbonyl (C=O) groups excluding carboxylic acids is 1. The first-order valence-electron chi connectivity index (χ1n) is 10.2. The van der Waals surface area contributed by atoms with E-state index in [0.29, 0.717) is 5.92 Å². The number of amides is 1. The number of piperidine rings is 1. The second-order valence-electron chi connectivity index (χ2n) is 8.93. The van der Waals surface area contributed by atoms with Crippen molar-refractivity contribution >= 4 is 5.91 Å². The first-order valence-corrected chi connectivity index (χ1v) is 10.2. The van der Waals surface area contributed by atoms with Crippen molar-refractivity contribution in [1.29, 1.82) is 0 Å². The summed E-state index contributed by atoms with van der Waals surface area (Å²) in [5, 5.41) is 3.37. The number of benzene rings is 1. The van der Waals surface area contributed by atoms with Crippen molar-refractivity contribution in [3.63, 3.8) is 0 Å². The van der Waals surface area contributed by atoms with Crippen LogP contribution in [0.1, 0.15) is 71.0 Å². The summed E-state index contributed by atoms with van der Waals surface area (Å²) in [6.45, 7) is 8.25. The fourth-order valence-corrected chi connectivity index (χ4v) is 4.78. The average Bonchev–Trinajstić information content (AvgIpc) is 3.42. The maximum absolute atomic E-state index is 12.3. The van der Waals surface area contributed by atoms with Crippen molar-refractivity contribution < 1.29 is 6.22 Å². The molecule has 0 radical (unpaired) electrons. The second-order valence-corrected chi connectivity index (χ2v) is 8.93. The zero-order chi connectivity index (χ0) is 17.4. The van der Waals surface area contributed by atoms with Crippen LogP contribution in [0.4, 0.5) is 0 Å². The Balaban J connectivity index is 0.00000196. The third kappa shape index (κ3) is 3.48. The molecule has 1 aromatic carbocycles. The molecule has 1 amide bonds. The van der Waals surface area contributed by atoms with Gasteiger partial charge in [-0.3, -0.25) is 4.79 Å². The lowest BCUT2D eigenvalue weighted by molar-refractivity contribution is -0.123. The van der Waals surface area contributed by atoms with Crippen LogP contribution in [0.5, 0.6) is 0 Å². The fraction of sp³-hybridized carbons (Fsp3) is 0.682. The summed E-state index contributed by atoms with van der Waals surface area (Å²) < 4.78 is 0. The highest BCUT2D eigenvalue weighted by Gasteiger charge is 2.46. The standard InChI is InChI=1S/C22H32N2O.H2/c1-16(2)9-12-24-13-10-22(11-14-24)15-20(23-21(25)17-7-8-17)18-5-3-4-6-19(18)22;/h3-6,16-17,20H,7-15H2,1-2H3,(H,23,25);1H/t20-;/m0./s1. The second kappa shape index (κ2) is 6.75. The fourth-order valence-electron chi connectivity index (χ4n) is 4.78. The first kappa shape index (κ1) is 17.1. The molecule has 1 saturated carbocycles. The molecule has 4 rings (SSSR count). The lowest BCUT2D eigenvalue weighted by atomic mass is 9.73. The molecule has 1 aromatic rings. The van der Waals surface area contributed by atoms with Crippen LogP contribution < -0.4 is 5.32 Å². The van der Waals surface area contributed by atoms with Crippen LogP contribution in [-0.4, -0.2) is 30.4 Å². The smallest absolute Gasteiger partial charge is 0.223 e. The number of hydrogen-bond donors (Lipinski definition) is 1. The largest absolute Gasteiger partial charge is 0.349 e. The summed E-state index contributed by atoms with van der Waals surface area (Å²) >= 11 is 0. The van der Waals surface area contributed by atoms with E-state index >= 15 is 0 Å². The molecule has 25 heavy (non-hydrogen) atoms. The number of likely N-dealkylation sites (tertiary alicyclic amines) is 1. The zero-order valence-corrected chi connectivity index (χ0v) is 15.8. The van der Waals surface area contributed by atoms with Crippen molar-refractivity contribution in [2.24, 2.45) is 11.8 Å². The van der Waals surface area contributed by atoms with Crippen LogP contribution in [0.3, 0.4) is 0 Å². The van der Waals surface area contributed by atoms with Gasteiger partial charge in [0.1, 0.15) is 0 Å². The van der Waals surface area contributed by atoms with E-state index in [0.717, 1.165) is 25.2 Å². The third-order valence-corrected chi connectivity index (χ3v) is 6.60. The Bertz CT molecular complexity index is 633. The molecule has 2 aliphatic carbocycles. The first-order chi connectivity index (χ1) is 12.1. The molecule has 1 atom stereocenters. The van der Waals surface area contributed by atoms with Gasteiger partial charge >= 0.3 is 0 Å². The minimum atomic E-state index is 0. The molecule has 1 spiro atoms. The van der Waals surface area contributed by atoms with Gasteiger partial charge in [0.05, 0.1) is 6.04 Å². The predicted octanol–water partition coefficient (Wildman–Crippen LogP) is 4.28. The van der Waals surface area contributed by atoms with E-state index in [-0.39, 0.29) is 18.8 Å². The SMILES string of the molecule is CC(C)CCN1CCC2(CC1)C[C@H](NC(=O)C1CC1)c1ccccc12.[HH]. The Morgan fingerprint density at radius 1 is 1.28 bits per heavy atom. The minimum Gasteiger partial charge on any atom is -0.349 e. The van der Waals surface area contributed by atoms with Gasteiger partial charge in [-0.25, -0.2) is 0 Å². The van der Waals surface area contributed by atoms with Crippen molar-refractivity contribution in [2.75, 3.05) is 19.6 Å². The van der Waals surface area contributed by atoms with Crippen molar-refractivity contribution in [2.45, 2.75) is 63.8 Å². The van der Waals surface area contributed by atoms with Crippen LogP contribution >= 0.6 is 0 Å². The van der Waals surface area contributed by atoms with Gasteiger partial charge in [0.15, 0.2) is 0 Å². The van der Waals surface area contributed by atoms with Crippen molar-refractivity contribution in [1.82, 2.24) is 10.2 Å². The Labute approximate surface area is 153 Å². The molecule has 2 fully saturated rings. The molecule has 0 aromatic heterocycles. The molecule has 3 heteroatoms. The number of nitrogens with zero attached hydrogens (tertiary/aromatic N) is 1. The van der Waals surface area contributed by atoms with Crippen LogP contribution in [0.15, 0.2) is 24.3 Å². The number of rotatable bonds is 5. The van der Waals surface area contributed by atoms with Crippen LogP contribution in [0, 0.1) is 11.8 Å². The molecular formula is C22H34N2O. The van der Waals surface area contributed by atoms with Gasteiger partial charge in [0.2, 0.25) is 5.91 Å². The van der Waals surface area contributed by atoms with E-state index in [2.05, 4.69) is 48.3 Å². The molecule has 1 heterocycles. The van der Waals surface area contributed by atoms with E-state index < -0.39 is 0 Å². The van der Waals surface area contributed by atoms with E-state index in [1.54, 1.807) is 0 Å². The molecule has 138 valence electrons. The zero-order valence-electron chi connectivity index (χ0n) is 15.8. The topological polar surface area (TPSA) is 32.3 Å². The Morgan fingerprint density at radius 3 is 2.68 bits per heavy atom. The van der Waals surface area contributed by atoms with Gasteiger partial charge in [-0.1, -0.05) is 38.1 Å². The molecular weight excluding hydrogens is 308 g/mol. The highest BCUT2D eigenvalue weighted by Crippen LogP contribution is 2.51. The Morgan fingerprint density at radius 2 is 2.00 bits per heavy atom. The van der Waals surface area contributed by atoms with E-state index in [1.807, 2.05) is 0 Å². The van der Waals surface area contributed by atoms with Crippen LogP contribution in [-0.2, 0) is 10.2 Å². The highest BCUT2D eigenvalue weighted by atomic mass is 16.2. The minimum absolute atomic E-state index is 0. The monoisotopic (exact) mass is 342 g/mol. The van der Waals surface area contributed by atoms with Gasteiger partial charge in [-0.15, -0.1) is 0 Å². The van der Waals surface area contributed by atoms with Crippen molar-refractivity contribution in [3.8, 4) is 0 Å². The Kier molecular flexibility index (Phi) is 4.61. The molecule has 1 saturated heterocycles. The summed E-state index contributed by atoms with van der Waals surface area (Å²) in [6.07, 6.45) is 7.02. The average molecular weight is 343 g/mol. The van der Waals surface area contributed by atoms with Gasteiger partial charge in [0, 0.05) is 12.8 Å². The summed E-state index contributed by atoms with van der Waals surface area (Å²) in [4.78, 5) is 15.0. The molecule has 3 nitrogen and oxygen atoms in total. The molecule has 1 aliphatic heterocycles. The molecule has 1 N–H and O–H groups in total. The number of fused-ring (bicyclic) bond motifs is 2.